The summed E-state index contributed by atoms with van der Waals surface area (Å²) < 4.78 is 0. The molecule has 0 rings (SSSR count). The van der Waals surface area contributed by atoms with E-state index in [1.165, 1.54) is 109 Å². The number of hydrogen-bond acceptors (Lipinski definition) is 0. The lowest BCUT2D eigenvalue weighted by atomic mass is 10.1. The molecular formula is C19H40P. The van der Waals surface area contributed by atoms with Gasteiger partial charge in [0.2, 0.25) is 0 Å². The first kappa shape index (κ1) is 20.4. The van der Waals surface area contributed by atoms with Crippen LogP contribution >= 0.6 is 8.58 Å². The van der Waals surface area contributed by atoms with Gasteiger partial charge >= 0.3 is 0 Å². The zero-order chi connectivity index (χ0) is 14.7. The highest BCUT2D eigenvalue weighted by atomic mass is 31.1. The molecule has 0 bridgehead atoms. The maximum Gasteiger partial charge on any atom is -0.0287 e. The van der Waals surface area contributed by atoms with E-state index in [-0.39, 0.29) is 0 Å². The summed E-state index contributed by atoms with van der Waals surface area (Å²) in [4.78, 5) is 0. The molecule has 0 spiro atoms. The van der Waals surface area contributed by atoms with Crippen molar-refractivity contribution in [3.05, 3.63) is 0 Å². The van der Waals surface area contributed by atoms with Crippen molar-refractivity contribution in [2.24, 2.45) is 0 Å². The third kappa shape index (κ3) is 18.4. The fourth-order valence-electron chi connectivity index (χ4n) is 2.65. The molecular weight excluding hydrogens is 259 g/mol. The lowest BCUT2D eigenvalue weighted by Gasteiger charge is -2.03. The molecule has 1 radical (unpaired) electrons. The molecule has 0 nitrogen and oxygen atoms in total. The Hall–Kier alpha value is 0.430. The van der Waals surface area contributed by atoms with Crippen molar-refractivity contribution in [1.82, 2.24) is 0 Å². The summed E-state index contributed by atoms with van der Waals surface area (Å²) >= 11 is 0. The second kappa shape index (κ2) is 19.4. The monoisotopic (exact) mass is 299 g/mol. The number of unbranched alkanes of at least 4 members (excludes halogenated alkanes) is 13. The normalized spacial score (nSPS) is 11.7. The molecule has 0 atom stereocenters. The van der Waals surface area contributed by atoms with E-state index in [2.05, 4.69) is 13.8 Å². The lowest BCUT2D eigenvalue weighted by Crippen LogP contribution is -1.85. The molecule has 0 aliphatic carbocycles. The Bertz CT molecular complexity index is 138. The third-order valence-electron chi connectivity index (χ3n) is 4.09. The van der Waals surface area contributed by atoms with E-state index in [1.807, 2.05) is 0 Å². The smallest absolute Gasteiger partial charge is 0.0287 e. The minimum absolute atomic E-state index is 1.37. The number of hydrogen-bond donors (Lipinski definition) is 0. The van der Waals surface area contributed by atoms with Crippen molar-refractivity contribution in [3.63, 3.8) is 0 Å². The average molecular weight is 300 g/mol. The predicted molar refractivity (Wildman–Crippen MR) is 97.3 cm³/mol. The lowest BCUT2D eigenvalue weighted by molar-refractivity contribution is 0.586. The Morgan fingerprint density at radius 1 is 0.400 bits per heavy atom. The largest absolute Gasteiger partial charge is 0.0810 e. The maximum absolute atomic E-state index is 2.30. The van der Waals surface area contributed by atoms with Gasteiger partial charge in [-0.15, -0.1) is 0 Å². The van der Waals surface area contributed by atoms with Crippen molar-refractivity contribution < 1.29 is 0 Å². The molecule has 0 N–H and O–H groups in total. The van der Waals surface area contributed by atoms with Crippen LogP contribution in [0.2, 0.25) is 0 Å². The van der Waals surface area contributed by atoms with Crippen LogP contribution in [0, 0.1) is 0 Å². The Balaban J connectivity index is 2.89. The van der Waals surface area contributed by atoms with Gasteiger partial charge < -0.3 is 0 Å². The van der Waals surface area contributed by atoms with E-state index in [1.54, 1.807) is 8.58 Å². The van der Waals surface area contributed by atoms with Gasteiger partial charge in [-0.2, -0.15) is 0 Å². The Morgan fingerprint density at radius 3 is 1.05 bits per heavy atom. The molecule has 0 aromatic carbocycles. The van der Waals surface area contributed by atoms with Gasteiger partial charge in [0.1, 0.15) is 0 Å². The molecule has 0 aliphatic rings. The van der Waals surface area contributed by atoms with E-state index in [4.69, 9.17) is 0 Å². The van der Waals surface area contributed by atoms with Crippen LogP contribution in [0.5, 0.6) is 0 Å². The Labute approximate surface area is 131 Å². The summed E-state index contributed by atoms with van der Waals surface area (Å²) in [5.74, 6) is 0. The van der Waals surface area contributed by atoms with Gasteiger partial charge in [0.05, 0.1) is 0 Å². The summed E-state index contributed by atoms with van der Waals surface area (Å²) in [6, 6.07) is 0. The second-order valence-electron chi connectivity index (χ2n) is 6.27. The molecule has 1 heteroatoms. The highest BCUT2D eigenvalue weighted by Crippen LogP contribution is 2.18. The van der Waals surface area contributed by atoms with Crippen LogP contribution in [-0.2, 0) is 0 Å². The zero-order valence-electron chi connectivity index (χ0n) is 14.5. The summed E-state index contributed by atoms with van der Waals surface area (Å²) in [6.07, 6.45) is 24.8. The van der Waals surface area contributed by atoms with E-state index in [9.17, 15) is 0 Å². The molecule has 0 amide bonds. The first-order valence-electron chi connectivity index (χ1n) is 9.55. The minimum Gasteiger partial charge on any atom is -0.0810 e. The van der Waals surface area contributed by atoms with E-state index in [0.717, 1.165) is 0 Å². The fraction of sp³-hybridized carbons (Fsp3) is 1.00. The first-order chi connectivity index (χ1) is 9.91. The zero-order valence-corrected chi connectivity index (χ0v) is 15.4. The minimum atomic E-state index is 1.37. The second-order valence-corrected chi connectivity index (χ2v) is 7.61. The maximum atomic E-state index is 2.30. The van der Waals surface area contributed by atoms with Crippen molar-refractivity contribution in [2.75, 3.05) is 12.3 Å². The van der Waals surface area contributed by atoms with Crippen molar-refractivity contribution in [1.29, 1.82) is 0 Å². The standard InChI is InChI=1S/C19H40P/c1-3-5-7-9-11-13-15-17-19-20-18-16-14-12-10-8-6-4-2/h3-19H2,1-2H3. The van der Waals surface area contributed by atoms with Crippen LogP contribution in [0.15, 0.2) is 0 Å². The SMILES string of the molecule is CCCCCCCCCC[P]CCCCCCCCC. The van der Waals surface area contributed by atoms with E-state index >= 15 is 0 Å². The molecule has 0 fully saturated rings. The average Bonchev–Trinajstić information content (AvgIpc) is 2.47. The van der Waals surface area contributed by atoms with E-state index < -0.39 is 0 Å². The number of rotatable bonds is 17. The molecule has 0 heterocycles. The summed E-state index contributed by atoms with van der Waals surface area (Å²) in [6.45, 7) is 4.59. The topological polar surface area (TPSA) is 0 Å². The highest BCUT2D eigenvalue weighted by Gasteiger charge is 1.94. The quantitative estimate of drug-likeness (QED) is 0.190. The summed E-state index contributed by atoms with van der Waals surface area (Å²) in [7, 11) is 1.73. The third-order valence-corrected chi connectivity index (χ3v) is 5.35. The van der Waals surface area contributed by atoms with Crippen LogP contribution in [0.3, 0.4) is 0 Å². The summed E-state index contributed by atoms with van der Waals surface area (Å²) in [5.41, 5.74) is 0. The Kier molecular flexibility index (Phi) is 19.8. The van der Waals surface area contributed by atoms with Gasteiger partial charge in [-0.3, -0.25) is 0 Å². The fourth-order valence-corrected chi connectivity index (χ4v) is 3.77. The van der Waals surface area contributed by atoms with Gasteiger partial charge in [0.15, 0.2) is 0 Å². The van der Waals surface area contributed by atoms with Crippen LogP contribution in [0.25, 0.3) is 0 Å². The van der Waals surface area contributed by atoms with Gasteiger partial charge in [0, 0.05) is 0 Å². The van der Waals surface area contributed by atoms with Crippen molar-refractivity contribution in [3.8, 4) is 0 Å². The van der Waals surface area contributed by atoms with Crippen LogP contribution in [-0.4, -0.2) is 12.3 Å². The molecule has 0 aromatic rings. The van der Waals surface area contributed by atoms with Gasteiger partial charge in [0.25, 0.3) is 0 Å². The van der Waals surface area contributed by atoms with Crippen molar-refractivity contribution in [2.45, 2.75) is 110 Å². The highest BCUT2D eigenvalue weighted by molar-refractivity contribution is 7.37. The summed E-state index contributed by atoms with van der Waals surface area (Å²) in [5, 5.41) is 0. The molecule has 121 valence electrons. The van der Waals surface area contributed by atoms with Crippen LogP contribution in [0.4, 0.5) is 0 Å². The van der Waals surface area contributed by atoms with Crippen LogP contribution in [0.1, 0.15) is 110 Å². The van der Waals surface area contributed by atoms with Gasteiger partial charge in [-0.25, -0.2) is 0 Å². The van der Waals surface area contributed by atoms with E-state index in [0.29, 0.717) is 0 Å². The molecule has 0 aliphatic heterocycles. The van der Waals surface area contributed by atoms with Crippen molar-refractivity contribution >= 4 is 8.58 Å². The van der Waals surface area contributed by atoms with Crippen LogP contribution < -0.4 is 0 Å². The van der Waals surface area contributed by atoms with Gasteiger partial charge in [-0.1, -0.05) is 106 Å². The first-order valence-corrected chi connectivity index (χ1v) is 10.8. The molecule has 0 saturated heterocycles. The molecule has 20 heavy (non-hydrogen) atoms. The molecule has 0 unspecified atom stereocenters. The Morgan fingerprint density at radius 2 is 0.700 bits per heavy atom. The van der Waals surface area contributed by atoms with Gasteiger partial charge in [-0.05, 0) is 25.2 Å². The molecule has 0 aromatic heterocycles. The molecule has 0 saturated carbocycles. The predicted octanol–water partition coefficient (Wildman–Crippen LogP) is 7.82.